The molecular formula is C21H22N6O. The molecule has 0 radical (unpaired) electrons. The molecule has 0 bridgehead atoms. The molecule has 0 aliphatic heterocycles. The highest BCUT2D eigenvalue weighted by atomic mass is 16.5. The van der Waals surface area contributed by atoms with Crippen molar-refractivity contribution in [3.63, 3.8) is 0 Å². The number of hydrogen-bond donors (Lipinski definition) is 1. The maximum absolute atomic E-state index is 6.19. The average molecular weight is 374 g/mol. The number of aromatic nitrogens is 5. The van der Waals surface area contributed by atoms with Crippen LogP contribution in [0, 0.1) is 6.92 Å². The van der Waals surface area contributed by atoms with E-state index in [2.05, 4.69) is 27.1 Å². The molecule has 0 aliphatic carbocycles. The molecule has 3 heterocycles. The molecule has 7 nitrogen and oxygen atoms in total. The Hall–Kier alpha value is -3.48. The van der Waals surface area contributed by atoms with Crippen LogP contribution < -0.4 is 10.5 Å². The lowest BCUT2D eigenvalue weighted by molar-refractivity contribution is 0.293. The number of aryl methyl sites for hydroxylation is 1. The first kappa shape index (κ1) is 17.9. The van der Waals surface area contributed by atoms with Crippen molar-refractivity contribution >= 4 is 17.0 Å². The van der Waals surface area contributed by atoms with Crippen molar-refractivity contribution < 1.29 is 4.74 Å². The van der Waals surface area contributed by atoms with E-state index in [0.717, 1.165) is 28.9 Å². The fourth-order valence-corrected chi connectivity index (χ4v) is 3.07. The number of nitrogen functional groups attached to an aromatic ring is 1. The van der Waals surface area contributed by atoms with Crippen LogP contribution >= 0.6 is 0 Å². The van der Waals surface area contributed by atoms with E-state index in [9.17, 15) is 0 Å². The normalized spacial score (nSPS) is 11.1. The molecule has 1 aromatic carbocycles. The molecule has 0 fully saturated rings. The summed E-state index contributed by atoms with van der Waals surface area (Å²) in [6.07, 6.45) is 4.48. The molecule has 4 rings (SSSR count). The molecule has 0 amide bonds. The van der Waals surface area contributed by atoms with Gasteiger partial charge in [0.15, 0.2) is 17.0 Å². The highest BCUT2D eigenvalue weighted by Gasteiger charge is 2.19. The Morgan fingerprint density at radius 1 is 1.07 bits per heavy atom. The number of hydrogen-bond acceptors (Lipinski definition) is 6. The van der Waals surface area contributed by atoms with Crippen LogP contribution in [0.3, 0.4) is 0 Å². The number of rotatable bonds is 6. The lowest BCUT2D eigenvalue weighted by atomic mass is 10.2. The predicted molar refractivity (Wildman–Crippen MR) is 109 cm³/mol. The van der Waals surface area contributed by atoms with E-state index in [1.807, 2.05) is 48.9 Å². The van der Waals surface area contributed by atoms with Crippen molar-refractivity contribution in [1.29, 1.82) is 0 Å². The number of nitrogens with two attached hydrogens (primary N) is 1. The molecule has 3 aromatic heterocycles. The van der Waals surface area contributed by atoms with Gasteiger partial charge in [-0.1, -0.05) is 37.3 Å². The molecular weight excluding hydrogens is 352 g/mol. The number of nitrogens with zero attached hydrogens (tertiary/aromatic N) is 5. The van der Waals surface area contributed by atoms with Gasteiger partial charge in [-0.15, -0.1) is 0 Å². The zero-order chi connectivity index (χ0) is 19.5. The maximum atomic E-state index is 6.19. The van der Waals surface area contributed by atoms with Gasteiger partial charge in [-0.05, 0) is 30.5 Å². The van der Waals surface area contributed by atoms with Crippen LogP contribution in [0.4, 0.5) is 5.82 Å². The van der Waals surface area contributed by atoms with Crippen LogP contribution in [0.15, 0.2) is 48.8 Å². The highest BCUT2D eigenvalue weighted by molar-refractivity contribution is 5.86. The fraction of sp³-hybridized carbons (Fsp3) is 0.238. The smallest absolute Gasteiger partial charge is 0.320 e. The van der Waals surface area contributed by atoms with Gasteiger partial charge in [0.2, 0.25) is 0 Å². The van der Waals surface area contributed by atoms with Crippen LogP contribution in [0.1, 0.15) is 24.5 Å². The number of anilines is 1. The summed E-state index contributed by atoms with van der Waals surface area (Å²) in [6, 6.07) is 12.5. The quantitative estimate of drug-likeness (QED) is 0.554. The molecule has 0 aliphatic rings. The van der Waals surface area contributed by atoms with Crippen LogP contribution in [-0.4, -0.2) is 31.1 Å². The van der Waals surface area contributed by atoms with Crippen LogP contribution in [0.25, 0.3) is 22.6 Å². The van der Waals surface area contributed by atoms with E-state index >= 15 is 0 Å². The van der Waals surface area contributed by atoms with Gasteiger partial charge in [0.1, 0.15) is 5.82 Å². The number of benzene rings is 1. The number of fused-ring (bicyclic) bond motifs is 1. The Balaban J connectivity index is 1.91. The first-order valence-corrected chi connectivity index (χ1v) is 9.28. The number of ether oxygens (including phenoxy) is 1. The summed E-state index contributed by atoms with van der Waals surface area (Å²) in [5.74, 6) is 1.06. The summed E-state index contributed by atoms with van der Waals surface area (Å²) in [5, 5.41) is 0. The van der Waals surface area contributed by atoms with Gasteiger partial charge in [-0.2, -0.15) is 9.97 Å². The summed E-state index contributed by atoms with van der Waals surface area (Å²) in [5.41, 5.74) is 10.5. The Bertz CT molecular complexity index is 1110. The minimum Gasteiger partial charge on any atom is -0.463 e. The van der Waals surface area contributed by atoms with Crippen molar-refractivity contribution in [3.8, 4) is 17.4 Å². The zero-order valence-electron chi connectivity index (χ0n) is 16.0. The maximum Gasteiger partial charge on any atom is 0.320 e. The van der Waals surface area contributed by atoms with Gasteiger partial charge in [-0.3, -0.25) is 4.98 Å². The van der Waals surface area contributed by atoms with Gasteiger partial charge in [0.05, 0.1) is 13.2 Å². The van der Waals surface area contributed by atoms with Crippen molar-refractivity contribution in [3.05, 3.63) is 59.9 Å². The second-order valence-electron chi connectivity index (χ2n) is 6.67. The minimum atomic E-state index is 0.273. The van der Waals surface area contributed by atoms with E-state index in [1.54, 1.807) is 6.20 Å². The molecule has 0 saturated heterocycles. The second kappa shape index (κ2) is 7.64. The first-order valence-electron chi connectivity index (χ1n) is 9.28. The Morgan fingerprint density at radius 2 is 1.89 bits per heavy atom. The van der Waals surface area contributed by atoms with E-state index < -0.39 is 0 Å². The van der Waals surface area contributed by atoms with Gasteiger partial charge < -0.3 is 15.0 Å². The third-order valence-corrected chi connectivity index (χ3v) is 4.35. The Morgan fingerprint density at radius 3 is 2.64 bits per heavy atom. The van der Waals surface area contributed by atoms with Gasteiger partial charge in [0.25, 0.3) is 0 Å². The van der Waals surface area contributed by atoms with Gasteiger partial charge in [0, 0.05) is 18.0 Å². The van der Waals surface area contributed by atoms with Crippen molar-refractivity contribution in [1.82, 2.24) is 24.5 Å². The predicted octanol–water partition coefficient (Wildman–Crippen LogP) is 3.62. The Labute approximate surface area is 163 Å². The monoisotopic (exact) mass is 374 g/mol. The molecule has 0 saturated carbocycles. The molecule has 0 atom stereocenters. The van der Waals surface area contributed by atoms with Crippen LogP contribution in [-0.2, 0) is 6.54 Å². The lowest BCUT2D eigenvalue weighted by Gasteiger charge is -2.10. The van der Waals surface area contributed by atoms with Gasteiger partial charge >= 0.3 is 6.01 Å². The fourth-order valence-electron chi connectivity index (χ4n) is 3.07. The van der Waals surface area contributed by atoms with Crippen molar-refractivity contribution in [2.24, 2.45) is 0 Å². The highest BCUT2D eigenvalue weighted by Crippen LogP contribution is 2.28. The third-order valence-electron chi connectivity index (χ3n) is 4.35. The molecule has 0 spiro atoms. The van der Waals surface area contributed by atoms with E-state index in [0.29, 0.717) is 30.1 Å². The summed E-state index contributed by atoms with van der Waals surface area (Å²) in [4.78, 5) is 17.9. The molecule has 28 heavy (non-hydrogen) atoms. The van der Waals surface area contributed by atoms with Crippen LogP contribution in [0.2, 0.25) is 0 Å². The molecule has 4 aromatic rings. The summed E-state index contributed by atoms with van der Waals surface area (Å²) in [6.45, 7) is 5.17. The van der Waals surface area contributed by atoms with Crippen molar-refractivity contribution in [2.45, 2.75) is 26.8 Å². The summed E-state index contributed by atoms with van der Waals surface area (Å²) < 4.78 is 7.67. The van der Waals surface area contributed by atoms with E-state index in [4.69, 9.17) is 15.5 Å². The summed E-state index contributed by atoms with van der Waals surface area (Å²) >= 11 is 0. The number of pyridine rings is 1. The van der Waals surface area contributed by atoms with Gasteiger partial charge in [-0.25, -0.2) is 4.98 Å². The average Bonchev–Trinajstić information content (AvgIpc) is 3.06. The minimum absolute atomic E-state index is 0.273. The molecule has 142 valence electrons. The topological polar surface area (TPSA) is 91.7 Å². The second-order valence-corrected chi connectivity index (χ2v) is 6.67. The molecule has 7 heteroatoms. The Kier molecular flexibility index (Phi) is 4.89. The lowest BCUT2D eigenvalue weighted by Crippen LogP contribution is -2.06. The summed E-state index contributed by atoms with van der Waals surface area (Å²) in [7, 11) is 0. The third kappa shape index (κ3) is 3.51. The van der Waals surface area contributed by atoms with E-state index in [1.165, 1.54) is 0 Å². The SMILES string of the molecule is CCCOc1nc(N)c2nc(-c3cncc(C)c3)n(Cc3ccccc3)c2n1. The van der Waals surface area contributed by atoms with Crippen molar-refractivity contribution in [2.75, 3.05) is 12.3 Å². The largest absolute Gasteiger partial charge is 0.463 e. The molecule has 0 unspecified atom stereocenters. The standard InChI is InChI=1S/C21H22N6O/c1-3-9-28-21-25-18(22)17-20(26-21)27(13-15-7-5-4-6-8-15)19(24-17)16-10-14(2)11-23-12-16/h4-8,10-12H,3,9,13H2,1-2H3,(H2,22,25,26). The molecule has 2 N–H and O–H groups in total. The van der Waals surface area contributed by atoms with E-state index in [-0.39, 0.29) is 6.01 Å². The first-order chi connectivity index (χ1) is 13.7. The zero-order valence-corrected chi connectivity index (χ0v) is 16.0. The number of imidazole rings is 1. The van der Waals surface area contributed by atoms with Crippen LogP contribution in [0.5, 0.6) is 6.01 Å².